The Kier molecular flexibility index (Phi) is 7.44. The topological polar surface area (TPSA) is 80.2 Å². The number of ether oxygens (including phenoxy) is 2. The summed E-state index contributed by atoms with van der Waals surface area (Å²) in [5, 5.41) is 4.73. The van der Waals surface area contributed by atoms with Gasteiger partial charge in [-0.3, -0.25) is 9.59 Å². The standard InChI is InChI=1S/C26H24ClN3O4/c1-33-23-12-8-22(9-13-23)30-16-20(14-25(30)31)26(32)29-28-15-18-4-10-24(11-5-18)34-17-19-2-6-21(27)7-3-19/h2-13,15,20H,14,16-17H2,1H3,(H,29,32)/b28-15+/t20-/m0/s1. The molecule has 1 N–H and O–H groups in total. The van der Waals surface area contributed by atoms with E-state index in [9.17, 15) is 9.59 Å². The summed E-state index contributed by atoms with van der Waals surface area (Å²) in [4.78, 5) is 26.5. The molecule has 0 aromatic heterocycles. The third kappa shape index (κ3) is 5.94. The molecule has 3 aromatic carbocycles. The number of hydrogen-bond donors (Lipinski definition) is 1. The number of nitrogens with zero attached hydrogens (tertiary/aromatic N) is 2. The van der Waals surface area contributed by atoms with Gasteiger partial charge in [-0.2, -0.15) is 5.10 Å². The maximum absolute atomic E-state index is 12.5. The second kappa shape index (κ2) is 10.9. The highest BCUT2D eigenvalue weighted by atomic mass is 35.5. The van der Waals surface area contributed by atoms with Crippen molar-refractivity contribution < 1.29 is 19.1 Å². The van der Waals surface area contributed by atoms with Gasteiger partial charge in [0.2, 0.25) is 11.8 Å². The largest absolute Gasteiger partial charge is 0.497 e. The lowest BCUT2D eigenvalue weighted by Gasteiger charge is -2.16. The second-order valence-electron chi connectivity index (χ2n) is 7.82. The van der Waals surface area contributed by atoms with Crippen LogP contribution in [0, 0.1) is 5.92 Å². The first-order chi connectivity index (χ1) is 16.5. The number of nitrogens with one attached hydrogen (secondary N) is 1. The molecule has 1 aliphatic heterocycles. The predicted molar refractivity (Wildman–Crippen MR) is 131 cm³/mol. The molecule has 0 saturated carbocycles. The number of rotatable bonds is 8. The van der Waals surface area contributed by atoms with Crippen LogP contribution in [0.4, 0.5) is 5.69 Å². The summed E-state index contributed by atoms with van der Waals surface area (Å²) in [5.41, 5.74) is 5.11. The van der Waals surface area contributed by atoms with Gasteiger partial charge in [0.1, 0.15) is 18.1 Å². The molecule has 0 radical (unpaired) electrons. The van der Waals surface area contributed by atoms with Crippen LogP contribution < -0.4 is 19.8 Å². The minimum Gasteiger partial charge on any atom is -0.497 e. The summed E-state index contributed by atoms with van der Waals surface area (Å²) >= 11 is 5.89. The molecule has 2 amide bonds. The quantitative estimate of drug-likeness (QED) is 0.384. The summed E-state index contributed by atoms with van der Waals surface area (Å²) in [6.07, 6.45) is 1.70. The molecule has 8 heteroatoms. The maximum atomic E-state index is 12.5. The molecule has 7 nitrogen and oxygen atoms in total. The van der Waals surface area contributed by atoms with Crippen LogP contribution in [0.25, 0.3) is 0 Å². The van der Waals surface area contributed by atoms with Crippen molar-refractivity contribution in [2.24, 2.45) is 11.0 Å². The van der Waals surface area contributed by atoms with Crippen LogP contribution >= 0.6 is 11.6 Å². The number of hydrazone groups is 1. The molecule has 1 aliphatic rings. The van der Waals surface area contributed by atoms with Crippen molar-refractivity contribution in [3.05, 3.63) is 88.9 Å². The summed E-state index contributed by atoms with van der Waals surface area (Å²) in [6, 6.07) is 22.0. The van der Waals surface area contributed by atoms with Crippen LogP contribution in [-0.4, -0.2) is 31.7 Å². The highest BCUT2D eigenvalue weighted by Gasteiger charge is 2.35. The van der Waals surface area contributed by atoms with Crippen molar-refractivity contribution in [1.29, 1.82) is 0 Å². The van der Waals surface area contributed by atoms with Gasteiger partial charge in [0.15, 0.2) is 0 Å². The van der Waals surface area contributed by atoms with Gasteiger partial charge in [-0.15, -0.1) is 0 Å². The average molecular weight is 478 g/mol. The van der Waals surface area contributed by atoms with Gasteiger partial charge in [0.25, 0.3) is 0 Å². The monoisotopic (exact) mass is 477 g/mol. The van der Waals surface area contributed by atoms with Crippen LogP contribution in [0.3, 0.4) is 0 Å². The van der Waals surface area contributed by atoms with Gasteiger partial charge in [0, 0.05) is 23.7 Å². The normalized spacial score (nSPS) is 15.5. The van der Waals surface area contributed by atoms with Crippen LogP contribution in [0.1, 0.15) is 17.5 Å². The third-order valence-corrected chi connectivity index (χ3v) is 5.72. The molecule has 34 heavy (non-hydrogen) atoms. The fourth-order valence-corrected chi connectivity index (χ4v) is 3.68. The van der Waals surface area contributed by atoms with E-state index in [-0.39, 0.29) is 18.2 Å². The summed E-state index contributed by atoms with van der Waals surface area (Å²) in [7, 11) is 1.59. The molecule has 174 valence electrons. The number of anilines is 1. The van der Waals surface area contributed by atoms with Gasteiger partial charge in [-0.05, 0) is 71.8 Å². The van der Waals surface area contributed by atoms with Gasteiger partial charge in [-0.25, -0.2) is 5.43 Å². The second-order valence-corrected chi connectivity index (χ2v) is 8.26. The van der Waals surface area contributed by atoms with E-state index in [1.807, 2.05) is 48.5 Å². The zero-order chi connectivity index (χ0) is 23.9. The lowest BCUT2D eigenvalue weighted by atomic mass is 10.1. The number of halogens is 1. The lowest BCUT2D eigenvalue weighted by Crippen LogP contribution is -2.30. The molecule has 1 atom stereocenters. The first kappa shape index (κ1) is 23.3. The molecule has 4 rings (SSSR count). The number of carbonyl (C=O) groups is 2. The van der Waals surface area contributed by atoms with Gasteiger partial charge >= 0.3 is 0 Å². The molecule has 3 aromatic rings. The maximum Gasteiger partial charge on any atom is 0.245 e. The molecular weight excluding hydrogens is 454 g/mol. The van der Waals surface area contributed by atoms with Crippen molar-refractivity contribution >= 4 is 35.3 Å². The summed E-state index contributed by atoms with van der Waals surface area (Å²) < 4.78 is 10.9. The van der Waals surface area contributed by atoms with Crippen LogP contribution in [0.5, 0.6) is 11.5 Å². The Morgan fingerprint density at radius 3 is 2.41 bits per heavy atom. The molecule has 0 unspecified atom stereocenters. The number of carbonyl (C=O) groups excluding carboxylic acids is 2. The third-order valence-electron chi connectivity index (χ3n) is 5.47. The van der Waals surface area contributed by atoms with E-state index < -0.39 is 5.92 Å². The molecule has 0 spiro atoms. The molecule has 0 aliphatic carbocycles. The predicted octanol–water partition coefficient (Wildman–Crippen LogP) is 4.43. The first-order valence-corrected chi connectivity index (χ1v) is 11.1. The molecule has 1 heterocycles. The molecular formula is C26H24ClN3O4. The van der Waals surface area contributed by atoms with E-state index in [4.69, 9.17) is 21.1 Å². The number of methoxy groups -OCH3 is 1. The number of benzene rings is 3. The Bertz CT molecular complexity index is 1160. The van der Waals surface area contributed by atoms with E-state index in [1.54, 1.807) is 42.5 Å². The lowest BCUT2D eigenvalue weighted by molar-refractivity contribution is -0.126. The Hall–Kier alpha value is -3.84. The van der Waals surface area contributed by atoms with Crippen molar-refractivity contribution in [3.63, 3.8) is 0 Å². The van der Waals surface area contributed by atoms with Gasteiger partial charge < -0.3 is 14.4 Å². The smallest absolute Gasteiger partial charge is 0.245 e. The van der Waals surface area contributed by atoms with E-state index >= 15 is 0 Å². The first-order valence-electron chi connectivity index (χ1n) is 10.8. The minimum absolute atomic E-state index is 0.0940. The Morgan fingerprint density at radius 2 is 1.74 bits per heavy atom. The SMILES string of the molecule is COc1ccc(N2C[C@@H](C(=O)N/N=C/c3ccc(OCc4ccc(Cl)cc4)cc3)CC2=O)cc1. The summed E-state index contributed by atoms with van der Waals surface area (Å²) in [6.45, 7) is 0.750. The van der Waals surface area contributed by atoms with Gasteiger partial charge in [0.05, 0.1) is 19.2 Å². The van der Waals surface area contributed by atoms with E-state index in [1.165, 1.54) is 0 Å². The Labute approximate surface area is 202 Å². The van der Waals surface area contributed by atoms with E-state index in [2.05, 4.69) is 10.5 Å². The van der Waals surface area contributed by atoms with E-state index in [0.29, 0.717) is 23.9 Å². The average Bonchev–Trinajstić information content (AvgIpc) is 3.26. The summed E-state index contributed by atoms with van der Waals surface area (Å²) in [5.74, 6) is 0.585. The van der Waals surface area contributed by atoms with Gasteiger partial charge in [-0.1, -0.05) is 23.7 Å². The fraction of sp³-hybridized carbons (Fsp3) is 0.192. The Morgan fingerprint density at radius 1 is 1.06 bits per heavy atom. The highest BCUT2D eigenvalue weighted by molar-refractivity contribution is 6.30. The van der Waals surface area contributed by atoms with E-state index in [0.717, 1.165) is 22.6 Å². The zero-order valence-electron chi connectivity index (χ0n) is 18.6. The van der Waals surface area contributed by atoms with Crippen molar-refractivity contribution in [2.75, 3.05) is 18.6 Å². The zero-order valence-corrected chi connectivity index (χ0v) is 19.4. The Balaban J connectivity index is 1.26. The van der Waals surface area contributed by atoms with Crippen molar-refractivity contribution in [1.82, 2.24) is 5.43 Å². The van der Waals surface area contributed by atoms with Crippen LogP contribution in [0.15, 0.2) is 77.9 Å². The van der Waals surface area contributed by atoms with Crippen LogP contribution in [0.2, 0.25) is 5.02 Å². The molecule has 0 bridgehead atoms. The number of hydrogen-bond acceptors (Lipinski definition) is 5. The molecule has 1 saturated heterocycles. The van der Waals surface area contributed by atoms with Crippen molar-refractivity contribution in [3.8, 4) is 11.5 Å². The fourth-order valence-electron chi connectivity index (χ4n) is 3.55. The number of amides is 2. The molecule has 1 fully saturated rings. The van der Waals surface area contributed by atoms with Crippen LogP contribution in [-0.2, 0) is 16.2 Å². The minimum atomic E-state index is -0.463. The van der Waals surface area contributed by atoms with Crippen molar-refractivity contribution in [2.45, 2.75) is 13.0 Å². The highest BCUT2D eigenvalue weighted by Crippen LogP contribution is 2.27.